The minimum Gasteiger partial charge on any atom is -0.388 e. The van der Waals surface area contributed by atoms with Crippen LogP contribution >= 0.6 is 0 Å². The number of rotatable bonds is 4. The van der Waals surface area contributed by atoms with Crippen molar-refractivity contribution < 1.29 is 4.39 Å². The molecule has 0 amide bonds. The van der Waals surface area contributed by atoms with E-state index in [9.17, 15) is 4.39 Å². The van der Waals surface area contributed by atoms with Crippen LogP contribution in [0.25, 0.3) is 0 Å². The SMILES string of the molecule is C/C=C/NC/C=C/C1C=C(F)C=CC1. The molecule has 1 aliphatic rings. The standard InChI is InChI=1S/C12H16FN/c1-2-8-14-9-4-6-11-5-3-7-12(13)10-11/h2-4,6-8,10-11,14H,5,9H2,1H3/b6-4+,8-2+. The number of hydrogen-bond donors (Lipinski definition) is 1. The van der Waals surface area contributed by atoms with Crippen molar-refractivity contribution in [2.75, 3.05) is 6.54 Å². The van der Waals surface area contributed by atoms with Crippen LogP contribution in [-0.4, -0.2) is 6.54 Å². The highest BCUT2D eigenvalue weighted by Crippen LogP contribution is 2.18. The molecule has 0 spiro atoms. The van der Waals surface area contributed by atoms with Crippen LogP contribution in [0.5, 0.6) is 0 Å². The summed E-state index contributed by atoms with van der Waals surface area (Å²) in [6, 6.07) is 0. The first-order valence-corrected chi connectivity index (χ1v) is 4.88. The van der Waals surface area contributed by atoms with Gasteiger partial charge in [0.15, 0.2) is 0 Å². The third kappa shape index (κ3) is 4.08. The molecule has 0 radical (unpaired) electrons. The Morgan fingerprint density at radius 2 is 2.50 bits per heavy atom. The highest BCUT2D eigenvalue weighted by molar-refractivity contribution is 5.20. The molecule has 0 bridgehead atoms. The van der Waals surface area contributed by atoms with Crippen LogP contribution < -0.4 is 5.32 Å². The molecule has 0 aliphatic heterocycles. The molecule has 1 rings (SSSR count). The molecule has 1 atom stereocenters. The largest absolute Gasteiger partial charge is 0.388 e. The van der Waals surface area contributed by atoms with Crippen LogP contribution in [0.4, 0.5) is 4.39 Å². The molecule has 0 aromatic heterocycles. The molecular formula is C12H16FN. The Kier molecular flexibility index (Phi) is 4.76. The fraction of sp³-hybridized carbons (Fsp3) is 0.333. The summed E-state index contributed by atoms with van der Waals surface area (Å²) in [5.41, 5.74) is 0. The van der Waals surface area contributed by atoms with E-state index in [1.807, 2.05) is 37.4 Å². The van der Waals surface area contributed by atoms with Gasteiger partial charge in [-0.3, -0.25) is 0 Å². The molecule has 1 N–H and O–H groups in total. The first kappa shape index (κ1) is 10.8. The molecule has 0 aromatic carbocycles. The minimum atomic E-state index is -0.132. The van der Waals surface area contributed by atoms with Crippen molar-refractivity contribution in [1.29, 1.82) is 0 Å². The Morgan fingerprint density at radius 1 is 1.64 bits per heavy atom. The van der Waals surface area contributed by atoms with E-state index in [0.29, 0.717) is 0 Å². The van der Waals surface area contributed by atoms with E-state index >= 15 is 0 Å². The third-order valence-corrected chi connectivity index (χ3v) is 1.96. The molecular weight excluding hydrogens is 177 g/mol. The summed E-state index contributed by atoms with van der Waals surface area (Å²) >= 11 is 0. The highest BCUT2D eigenvalue weighted by Gasteiger charge is 2.04. The number of allylic oxidation sites excluding steroid dienone is 6. The zero-order valence-electron chi connectivity index (χ0n) is 8.41. The predicted octanol–water partition coefficient (Wildman–Crippen LogP) is 3.10. The van der Waals surface area contributed by atoms with E-state index in [1.165, 1.54) is 6.08 Å². The van der Waals surface area contributed by atoms with Gasteiger partial charge in [-0.2, -0.15) is 0 Å². The van der Waals surface area contributed by atoms with Crippen molar-refractivity contribution in [2.24, 2.45) is 5.92 Å². The van der Waals surface area contributed by atoms with Crippen molar-refractivity contribution in [3.8, 4) is 0 Å². The van der Waals surface area contributed by atoms with Crippen molar-refractivity contribution in [2.45, 2.75) is 13.3 Å². The molecule has 0 saturated carbocycles. The Balaban J connectivity index is 2.27. The van der Waals surface area contributed by atoms with Crippen LogP contribution in [0.1, 0.15) is 13.3 Å². The molecule has 1 unspecified atom stereocenters. The second-order valence-electron chi connectivity index (χ2n) is 3.19. The molecule has 14 heavy (non-hydrogen) atoms. The van der Waals surface area contributed by atoms with Gasteiger partial charge in [-0.1, -0.05) is 24.3 Å². The summed E-state index contributed by atoms with van der Waals surface area (Å²) in [6.45, 7) is 2.75. The zero-order chi connectivity index (χ0) is 10.2. The monoisotopic (exact) mass is 193 g/mol. The van der Waals surface area contributed by atoms with Gasteiger partial charge in [0, 0.05) is 12.5 Å². The predicted molar refractivity (Wildman–Crippen MR) is 58.4 cm³/mol. The molecule has 0 aromatic rings. The fourth-order valence-corrected chi connectivity index (χ4v) is 1.30. The van der Waals surface area contributed by atoms with Gasteiger partial charge in [-0.25, -0.2) is 4.39 Å². The lowest BCUT2D eigenvalue weighted by atomic mass is 10.00. The van der Waals surface area contributed by atoms with Crippen molar-refractivity contribution in [1.82, 2.24) is 5.32 Å². The maximum Gasteiger partial charge on any atom is 0.119 e. The summed E-state index contributed by atoms with van der Waals surface area (Å²) in [6.07, 6.45) is 13.8. The smallest absolute Gasteiger partial charge is 0.119 e. The summed E-state index contributed by atoms with van der Waals surface area (Å²) in [7, 11) is 0. The third-order valence-electron chi connectivity index (χ3n) is 1.96. The number of nitrogens with one attached hydrogen (secondary N) is 1. The molecule has 1 aliphatic carbocycles. The highest BCUT2D eigenvalue weighted by atomic mass is 19.1. The van der Waals surface area contributed by atoms with E-state index in [2.05, 4.69) is 5.32 Å². The summed E-state index contributed by atoms with van der Waals surface area (Å²) in [4.78, 5) is 0. The van der Waals surface area contributed by atoms with Crippen LogP contribution in [0.15, 0.2) is 48.5 Å². The Hall–Kier alpha value is -1.31. The Morgan fingerprint density at radius 3 is 3.21 bits per heavy atom. The maximum absolute atomic E-state index is 12.8. The Bertz CT molecular complexity index is 274. The summed E-state index contributed by atoms with van der Waals surface area (Å²) < 4.78 is 12.8. The van der Waals surface area contributed by atoms with Crippen LogP contribution in [0.2, 0.25) is 0 Å². The molecule has 0 saturated heterocycles. The van der Waals surface area contributed by atoms with E-state index in [-0.39, 0.29) is 11.7 Å². The van der Waals surface area contributed by atoms with Gasteiger partial charge in [0.05, 0.1) is 0 Å². The topological polar surface area (TPSA) is 12.0 Å². The fourth-order valence-electron chi connectivity index (χ4n) is 1.30. The zero-order valence-corrected chi connectivity index (χ0v) is 8.41. The van der Waals surface area contributed by atoms with E-state index in [1.54, 1.807) is 6.08 Å². The quantitative estimate of drug-likeness (QED) is 0.534. The number of hydrogen-bond acceptors (Lipinski definition) is 1. The van der Waals surface area contributed by atoms with Crippen LogP contribution in [0, 0.1) is 5.92 Å². The number of halogens is 1. The van der Waals surface area contributed by atoms with Gasteiger partial charge in [-0.15, -0.1) is 0 Å². The minimum absolute atomic E-state index is 0.132. The molecule has 2 heteroatoms. The normalized spacial score (nSPS) is 21.9. The molecule has 0 heterocycles. The van der Waals surface area contributed by atoms with Crippen molar-refractivity contribution >= 4 is 0 Å². The van der Waals surface area contributed by atoms with Gasteiger partial charge < -0.3 is 5.32 Å². The lowest BCUT2D eigenvalue weighted by Crippen LogP contribution is -2.04. The summed E-state index contributed by atoms with van der Waals surface area (Å²) in [5, 5.41) is 3.09. The van der Waals surface area contributed by atoms with Crippen LogP contribution in [-0.2, 0) is 0 Å². The average molecular weight is 193 g/mol. The van der Waals surface area contributed by atoms with Crippen molar-refractivity contribution in [3.63, 3.8) is 0 Å². The first-order chi connectivity index (χ1) is 6.83. The van der Waals surface area contributed by atoms with Gasteiger partial charge in [0.1, 0.15) is 5.83 Å². The van der Waals surface area contributed by atoms with Crippen molar-refractivity contribution in [3.05, 3.63) is 48.5 Å². The van der Waals surface area contributed by atoms with E-state index in [4.69, 9.17) is 0 Å². The lowest BCUT2D eigenvalue weighted by molar-refractivity contribution is 0.633. The molecule has 76 valence electrons. The lowest BCUT2D eigenvalue weighted by Gasteiger charge is -2.08. The first-order valence-electron chi connectivity index (χ1n) is 4.88. The van der Waals surface area contributed by atoms with E-state index in [0.717, 1.165) is 13.0 Å². The van der Waals surface area contributed by atoms with Gasteiger partial charge >= 0.3 is 0 Å². The van der Waals surface area contributed by atoms with Gasteiger partial charge in [0.25, 0.3) is 0 Å². The average Bonchev–Trinajstić information content (AvgIpc) is 2.18. The second kappa shape index (κ2) is 6.19. The van der Waals surface area contributed by atoms with Crippen LogP contribution in [0.3, 0.4) is 0 Å². The van der Waals surface area contributed by atoms with Gasteiger partial charge in [0.2, 0.25) is 0 Å². The maximum atomic E-state index is 12.8. The molecule has 1 nitrogen and oxygen atoms in total. The summed E-state index contributed by atoms with van der Waals surface area (Å²) in [5.74, 6) is 0.0831. The molecule has 0 fully saturated rings. The Labute approximate surface area is 84.7 Å². The van der Waals surface area contributed by atoms with Gasteiger partial charge in [-0.05, 0) is 31.7 Å². The van der Waals surface area contributed by atoms with E-state index < -0.39 is 0 Å². The second-order valence-corrected chi connectivity index (χ2v) is 3.19.